The van der Waals surface area contributed by atoms with Gasteiger partial charge in [-0.2, -0.15) is 0 Å². The highest BCUT2D eigenvalue weighted by molar-refractivity contribution is 7.88. The largest absolute Gasteiger partial charge is 0.334 e. The summed E-state index contributed by atoms with van der Waals surface area (Å²) in [5.41, 5.74) is 0. The molecule has 122 valence electrons. The number of piperidine rings is 1. The van der Waals surface area contributed by atoms with Crippen molar-refractivity contribution >= 4 is 27.3 Å². The molecule has 5 nitrogen and oxygen atoms in total. The second-order valence-electron chi connectivity index (χ2n) is 5.52. The molecule has 1 aromatic heterocycles. The third-order valence-electron chi connectivity index (χ3n) is 3.86. The molecule has 1 fully saturated rings. The number of carbonyl (C=O) groups is 1. The molecule has 0 spiro atoms. The van der Waals surface area contributed by atoms with E-state index in [9.17, 15) is 13.2 Å². The predicted octanol–water partition coefficient (Wildman–Crippen LogP) is 1.93. The summed E-state index contributed by atoms with van der Waals surface area (Å²) in [6.07, 6.45) is 4.13. The van der Waals surface area contributed by atoms with Crippen molar-refractivity contribution in [1.29, 1.82) is 0 Å². The lowest BCUT2D eigenvalue weighted by molar-refractivity contribution is -0.136. The summed E-state index contributed by atoms with van der Waals surface area (Å²) in [6, 6.07) is 3.99. The molecule has 2 heterocycles. The molecule has 0 bridgehead atoms. The molecular weight excluding hydrogens is 320 g/mol. The van der Waals surface area contributed by atoms with E-state index in [0.29, 0.717) is 39.0 Å². The number of thiophene rings is 1. The van der Waals surface area contributed by atoms with Crippen LogP contribution in [0.25, 0.3) is 0 Å². The molecule has 1 amide bonds. The topological polar surface area (TPSA) is 57.7 Å². The molecule has 0 unspecified atom stereocenters. The second-order valence-corrected chi connectivity index (χ2v) is 8.54. The highest BCUT2D eigenvalue weighted by Crippen LogP contribution is 2.23. The summed E-state index contributed by atoms with van der Waals surface area (Å²) in [6.45, 7) is 5.69. The van der Waals surface area contributed by atoms with Crippen LogP contribution in [0.4, 0.5) is 0 Å². The number of carbonyl (C=O) groups excluding carboxylic acids is 1. The van der Waals surface area contributed by atoms with Gasteiger partial charge in [0.25, 0.3) is 0 Å². The molecule has 0 aromatic carbocycles. The number of hydrogen-bond donors (Lipinski definition) is 0. The zero-order valence-electron chi connectivity index (χ0n) is 12.8. The van der Waals surface area contributed by atoms with Crippen LogP contribution in [-0.2, 0) is 21.4 Å². The Morgan fingerprint density at radius 2 is 2.18 bits per heavy atom. The van der Waals surface area contributed by atoms with E-state index in [-0.39, 0.29) is 11.8 Å². The lowest BCUT2D eigenvalue weighted by Gasteiger charge is -2.32. The number of nitrogens with zero attached hydrogens (tertiary/aromatic N) is 2. The van der Waals surface area contributed by atoms with E-state index in [1.165, 1.54) is 10.6 Å². The fourth-order valence-electron chi connectivity index (χ4n) is 2.67. The van der Waals surface area contributed by atoms with Gasteiger partial charge in [-0.1, -0.05) is 12.1 Å². The van der Waals surface area contributed by atoms with Gasteiger partial charge in [-0.3, -0.25) is 4.79 Å². The van der Waals surface area contributed by atoms with Gasteiger partial charge in [0, 0.05) is 30.4 Å². The van der Waals surface area contributed by atoms with Crippen LogP contribution >= 0.6 is 11.3 Å². The number of hydrogen-bond acceptors (Lipinski definition) is 4. The summed E-state index contributed by atoms with van der Waals surface area (Å²) < 4.78 is 24.5. The molecule has 1 aliphatic rings. The van der Waals surface area contributed by atoms with Gasteiger partial charge < -0.3 is 4.90 Å². The zero-order valence-corrected chi connectivity index (χ0v) is 14.4. The maximum absolute atomic E-state index is 12.7. The van der Waals surface area contributed by atoms with Crippen LogP contribution in [-0.4, -0.2) is 49.4 Å². The lowest BCUT2D eigenvalue weighted by Crippen LogP contribution is -2.43. The van der Waals surface area contributed by atoms with Crippen molar-refractivity contribution in [2.75, 3.05) is 25.9 Å². The number of sulfonamides is 1. The van der Waals surface area contributed by atoms with Crippen LogP contribution < -0.4 is 0 Å². The monoisotopic (exact) mass is 342 g/mol. The fourth-order valence-corrected chi connectivity index (χ4v) is 4.27. The lowest BCUT2D eigenvalue weighted by atomic mass is 9.96. The fraction of sp³-hybridized carbons (Fsp3) is 0.533. The minimum atomic E-state index is -3.15. The molecule has 0 aliphatic carbocycles. The summed E-state index contributed by atoms with van der Waals surface area (Å²) in [7, 11) is -3.15. The first kappa shape index (κ1) is 17.2. The molecule has 1 saturated heterocycles. The Bertz CT molecular complexity index is 603. The molecule has 22 heavy (non-hydrogen) atoms. The van der Waals surface area contributed by atoms with E-state index in [2.05, 4.69) is 6.58 Å². The van der Waals surface area contributed by atoms with Gasteiger partial charge in [0.05, 0.1) is 12.8 Å². The highest BCUT2D eigenvalue weighted by Gasteiger charge is 2.31. The predicted molar refractivity (Wildman–Crippen MR) is 89.1 cm³/mol. The van der Waals surface area contributed by atoms with Crippen molar-refractivity contribution in [2.45, 2.75) is 19.4 Å². The Balaban J connectivity index is 1.98. The summed E-state index contributed by atoms with van der Waals surface area (Å²) in [5, 5.41) is 2.00. The molecular formula is C15H22N2O3S2. The van der Waals surface area contributed by atoms with Crippen molar-refractivity contribution in [2.24, 2.45) is 5.92 Å². The van der Waals surface area contributed by atoms with Gasteiger partial charge in [-0.25, -0.2) is 12.7 Å². The van der Waals surface area contributed by atoms with Gasteiger partial charge in [-0.05, 0) is 24.3 Å². The Labute approximate surface area is 136 Å². The van der Waals surface area contributed by atoms with Gasteiger partial charge in [0.2, 0.25) is 15.9 Å². The van der Waals surface area contributed by atoms with E-state index in [4.69, 9.17) is 0 Å². The quantitative estimate of drug-likeness (QED) is 0.742. The Hall–Kier alpha value is -1.18. The third-order valence-corrected chi connectivity index (χ3v) is 6.02. The number of rotatable bonds is 6. The second kappa shape index (κ2) is 7.39. The molecule has 0 radical (unpaired) electrons. The molecule has 7 heteroatoms. The van der Waals surface area contributed by atoms with Crippen LogP contribution in [0.2, 0.25) is 0 Å². The van der Waals surface area contributed by atoms with Crippen molar-refractivity contribution in [3.05, 3.63) is 35.0 Å². The molecule has 2 rings (SSSR count). The van der Waals surface area contributed by atoms with Crippen LogP contribution in [0.5, 0.6) is 0 Å². The molecule has 0 atom stereocenters. The normalized spacial score (nSPS) is 17.3. The van der Waals surface area contributed by atoms with Gasteiger partial charge in [0.15, 0.2) is 0 Å². The third kappa shape index (κ3) is 4.41. The Morgan fingerprint density at radius 1 is 1.50 bits per heavy atom. The van der Waals surface area contributed by atoms with Crippen LogP contribution in [0.1, 0.15) is 17.7 Å². The highest BCUT2D eigenvalue weighted by atomic mass is 32.2. The molecule has 1 aromatic rings. The van der Waals surface area contributed by atoms with Crippen LogP contribution in [0.15, 0.2) is 30.2 Å². The SMILES string of the molecule is C=CCN(Cc1cccs1)C(=O)C1CCN(S(C)(=O)=O)CC1. The van der Waals surface area contributed by atoms with Crippen molar-refractivity contribution < 1.29 is 13.2 Å². The average Bonchev–Trinajstić information content (AvgIpc) is 2.98. The maximum atomic E-state index is 12.7. The number of amides is 1. The van der Waals surface area contributed by atoms with E-state index >= 15 is 0 Å². The van der Waals surface area contributed by atoms with Crippen LogP contribution in [0.3, 0.4) is 0 Å². The Kier molecular flexibility index (Phi) is 5.77. The van der Waals surface area contributed by atoms with Crippen LogP contribution in [0, 0.1) is 5.92 Å². The molecule has 0 N–H and O–H groups in total. The smallest absolute Gasteiger partial charge is 0.226 e. The first-order valence-corrected chi connectivity index (χ1v) is 10.0. The first-order valence-electron chi connectivity index (χ1n) is 7.29. The van der Waals surface area contributed by atoms with Crippen molar-refractivity contribution in [3.63, 3.8) is 0 Å². The zero-order chi connectivity index (χ0) is 16.2. The Morgan fingerprint density at radius 3 is 2.68 bits per heavy atom. The summed E-state index contributed by atoms with van der Waals surface area (Å²) >= 11 is 1.63. The minimum absolute atomic E-state index is 0.0986. The van der Waals surface area contributed by atoms with Gasteiger partial charge >= 0.3 is 0 Å². The molecule has 1 aliphatic heterocycles. The van der Waals surface area contributed by atoms with E-state index in [1.54, 1.807) is 22.3 Å². The van der Waals surface area contributed by atoms with Crippen molar-refractivity contribution in [3.8, 4) is 0 Å². The van der Waals surface area contributed by atoms with Gasteiger partial charge in [0.1, 0.15) is 0 Å². The summed E-state index contributed by atoms with van der Waals surface area (Å²) in [4.78, 5) is 15.6. The van der Waals surface area contributed by atoms with Gasteiger partial charge in [-0.15, -0.1) is 17.9 Å². The first-order chi connectivity index (χ1) is 10.4. The van der Waals surface area contributed by atoms with E-state index in [1.807, 2.05) is 17.5 Å². The molecule has 0 saturated carbocycles. The summed E-state index contributed by atoms with van der Waals surface area (Å²) in [5.74, 6) is -0.000590. The standard InChI is InChI=1S/C15H22N2O3S2/c1-3-8-16(12-14-5-4-11-21-14)15(18)13-6-9-17(10-7-13)22(2,19)20/h3-5,11,13H,1,6-10,12H2,2H3. The van der Waals surface area contributed by atoms with Crippen molar-refractivity contribution in [1.82, 2.24) is 9.21 Å². The average molecular weight is 342 g/mol. The minimum Gasteiger partial charge on any atom is -0.334 e. The maximum Gasteiger partial charge on any atom is 0.226 e. The van der Waals surface area contributed by atoms with E-state index < -0.39 is 10.0 Å². The van der Waals surface area contributed by atoms with E-state index in [0.717, 1.165) is 4.88 Å².